The second kappa shape index (κ2) is 23.9. The number of terminal acetylenes is 1. The lowest BCUT2D eigenvalue weighted by molar-refractivity contribution is -0.894. The van der Waals surface area contributed by atoms with Crippen LogP contribution in [0, 0.1) is 17.8 Å². The zero-order valence-electron chi connectivity index (χ0n) is 34.7. The maximum atomic E-state index is 13.1. The van der Waals surface area contributed by atoms with E-state index < -0.39 is 29.4 Å². The fourth-order valence-electron chi connectivity index (χ4n) is 6.97. The molecule has 0 aromatic heterocycles. The van der Waals surface area contributed by atoms with Crippen molar-refractivity contribution in [2.75, 3.05) is 67.3 Å². The van der Waals surface area contributed by atoms with Crippen LogP contribution in [0.3, 0.4) is 0 Å². The number of nitrogens with one attached hydrogen (secondary N) is 1. The zero-order valence-corrected chi connectivity index (χ0v) is 34.7. The van der Waals surface area contributed by atoms with Gasteiger partial charge in [0.25, 0.3) is 0 Å². The van der Waals surface area contributed by atoms with Crippen molar-refractivity contribution in [1.29, 1.82) is 0 Å². The number of piperidine rings is 1. The number of esters is 1. The third-order valence-electron chi connectivity index (χ3n) is 10.8. The summed E-state index contributed by atoms with van der Waals surface area (Å²) in [6, 6.07) is 23.0. The number of carboxylic acids is 1. The third-order valence-corrected chi connectivity index (χ3v) is 10.8. The fourth-order valence-corrected chi connectivity index (χ4v) is 6.97. The number of amides is 1. The first-order valence-corrected chi connectivity index (χ1v) is 20.0. The average Bonchev–Trinajstić information content (AvgIpc) is 3.25. The van der Waals surface area contributed by atoms with Crippen LogP contribution in [0.4, 0.5) is 0 Å². The number of unbranched alkanes of at least 4 members (excludes halogenated alkanes) is 2. The molecule has 11 heteroatoms. The molecule has 0 atom stereocenters. The molecule has 1 aliphatic heterocycles. The summed E-state index contributed by atoms with van der Waals surface area (Å²) in [5.74, 6) is 2.77. The smallest absolute Gasteiger partial charge is 0.306 e. The Kier molecular flexibility index (Phi) is 19.4. The second-order valence-electron chi connectivity index (χ2n) is 14.3. The molecule has 0 bridgehead atoms. The number of aliphatic carboxylic acids is 1. The van der Waals surface area contributed by atoms with Crippen molar-refractivity contribution in [1.82, 2.24) is 4.90 Å². The van der Waals surface area contributed by atoms with E-state index in [9.17, 15) is 19.5 Å². The fraction of sp³-hybridized carbons (Fsp3) is 0.500. The predicted octanol–water partition coefficient (Wildman–Crippen LogP) is 4.83. The lowest BCUT2D eigenvalue weighted by Gasteiger charge is -2.44. The molecule has 0 saturated carbocycles. The minimum absolute atomic E-state index is 0.00695. The normalized spacial score (nSPS) is 13.5. The highest BCUT2D eigenvalue weighted by molar-refractivity contribution is 5.76. The van der Waals surface area contributed by atoms with Gasteiger partial charge in [0, 0.05) is 37.3 Å². The highest BCUT2D eigenvalue weighted by Gasteiger charge is 2.44. The molecule has 1 aliphatic rings. The quantitative estimate of drug-likeness (QED) is 0.0700. The van der Waals surface area contributed by atoms with E-state index in [1.54, 1.807) is 26.2 Å². The lowest BCUT2D eigenvalue weighted by atomic mass is 9.77. The highest BCUT2D eigenvalue weighted by atomic mass is 16.5. The Morgan fingerprint density at radius 1 is 0.719 bits per heavy atom. The number of hydrogen-bond acceptors (Lipinski definition) is 9. The zero-order chi connectivity index (χ0) is 41.7. The van der Waals surface area contributed by atoms with Gasteiger partial charge < -0.3 is 43.4 Å². The van der Waals surface area contributed by atoms with Crippen LogP contribution < -0.4 is 24.2 Å². The summed E-state index contributed by atoms with van der Waals surface area (Å²) in [5.41, 5.74) is 0.646. The van der Waals surface area contributed by atoms with Crippen molar-refractivity contribution in [3.05, 3.63) is 89.5 Å². The van der Waals surface area contributed by atoms with E-state index in [2.05, 4.69) is 26.7 Å². The van der Waals surface area contributed by atoms with Gasteiger partial charge in [0.1, 0.15) is 22.8 Å². The van der Waals surface area contributed by atoms with Crippen LogP contribution in [-0.4, -0.2) is 90.0 Å². The minimum Gasteiger partial charge on any atom is -0.550 e. The Morgan fingerprint density at radius 3 is 1.54 bits per heavy atom. The van der Waals surface area contributed by atoms with Crippen LogP contribution in [0.2, 0.25) is 0 Å². The molecule has 3 aromatic rings. The first-order chi connectivity index (χ1) is 27.5. The number of carbonyl (C=O) groups is 3. The van der Waals surface area contributed by atoms with Gasteiger partial charge in [-0.05, 0) is 106 Å². The van der Waals surface area contributed by atoms with Gasteiger partial charge in [-0.2, -0.15) is 0 Å². The summed E-state index contributed by atoms with van der Waals surface area (Å²) in [7, 11) is 4.83. The third kappa shape index (κ3) is 13.5. The highest BCUT2D eigenvalue weighted by Crippen LogP contribution is 2.45. The van der Waals surface area contributed by atoms with Crippen LogP contribution in [0.15, 0.2) is 72.8 Å². The second-order valence-corrected chi connectivity index (χ2v) is 14.3. The maximum Gasteiger partial charge on any atom is 0.306 e. The Balaban J connectivity index is 0.00000113. The molecule has 1 N–H and O–H groups in total. The summed E-state index contributed by atoms with van der Waals surface area (Å²) in [5, 5.41) is 11.0. The van der Waals surface area contributed by atoms with E-state index in [0.29, 0.717) is 56.0 Å². The first-order valence-electron chi connectivity index (χ1n) is 20.0. The molecule has 0 spiro atoms. The number of likely N-dealkylation sites (tertiary alicyclic amines) is 1. The van der Waals surface area contributed by atoms with Crippen molar-refractivity contribution in [2.45, 2.75) is 77.7 Å². The Hall–Kier alpha value is -5.05. The van der Waals surface area contributed by atoms with Gasteiger partial charge >= 0.3 is 5.97 Å². The molecule has 0 radical (unpaired) electrons. The summed E-state index contributed by atoms with van der Waals surface area (Å²) >= 11 is 0. The van der Waals surface area contributed by atoms with E-state index >= 15 is 0 Å². The molecule has 57 heavy (non-hydrogen) atoms. The predicted molar refractivity (Wildman–Crippen MR) is 218 cm³/mol. The number of quaternary nitrogens is 1. The summed E-state index contributed by atoms with van der Waals surface area (Å²) in [6.07, 6.45) is 8.20. The molecule has 310 valence electrons. The minimum atomic E-state index is -1.32. The number of ether oxygens (including phenoxy) is 5. The van der Waals surface area contributed by atoms with Crippen LogP contribution in [-0.2, 0) is 29.5 Å². The van der Waals surface area contributed by atoms with Crippen molar-refractivity contribution in [3.63, 3.8) is 0 Å². The number of methoxy groups -OCH3 is 3. The van der Waals surface area contributed by atoms with Gasteiger partial charge in [-0.1, -0.05) is 36.4 Å². The van der Waals surface area contributed by atoms with Crippen LogP contribution in [0.1, 0.15) is 88.8 Å². The number of benzene rings is 3. The van der Waals surface area contributed by atoms with Crippen molar-refractivity contribution in [2.24, 2.45) is 5.41 Å². The number of carbonyl (C=O) groups excluding carboxylic acids is 3. The molecule has 1 fully saturated rings. The number of rotatable bonds is 21. The van der Waals surface area contributed by atoms with Crippen LogP contribution in [0.25, 0.3) is 0 Å². The van der Waals surface area contributed by atoms with E-state index in [0.717, 1.165) is 29.5 Å². The van der Waals surface area contributed by atoms with E-state index in [1.165, 1.54) is 19.6 Å². The first kappa shape index (κ1) is 46.3. The van der Waals surface area contributed by atoms with Crippen molar-refractivity contribution >= 4 is 17.8 Å². The molecule has 3 aromatic carbocycles. The van der Waals surface area contributed by atoms with Gasteiger partial charge in [-0.15, -0.1) is 12.3 Å². The van der Waals surface area contributed by atoms with Gasteiger partial charge in [0.05, 0.1) is 60.6 Å². The molecular formula is C46H62N2O9. The average molecular weight is 787 g/mol. The van der Waals surface area contributed by atoms with Crippen LogP contribution >= 0.6 is 0 Å². The van der Waals surface area contributed by atoms with E-state index in [-0.39, 0.29) is 25.5 Å². The Bertz CT molecular complexity index is 1570. The molecule has 1 saturated heterocycles. The van der Waals surface area contributed by atoms with Crippen molar-refractivity contribution < 1.29 is 48.1 Å². The summed E-state index contributed by atoms with van der Waals surface area (Å²) < 4.78 is 29.4. The van der Waals surface area contributed by atoms with Crippen molar-refractivity contribution in [3.8, 4) is 29.6 Å². The number of hydrogen-bond donors (Lipinski definition) is 1. The maximum absolute atomic E-state index is 13.1. The molecule has 1 amide bonds. The van der Waals surface area contributed by atoms with E-state index in [1.807, 2.05) is 77.7 Å². The Morgan fingerprint density at radius 2 is 1.18 bits per heavy atom. The molecule has 0 aliphatic carbocycles. The summed E-state index contributed by atoms with van der Waals surface area (Å²) in [4.78, 5) is 40.3. The van der Waals surface area contributed by atoms with E-state index in [4.69, 9.17) is 30.1 Å². The largest absolute Gasteiger partial charge is 0.550 e. The monoisotopic (exact) mass is 786 g/mol. The number of carboxylic acid groups (broad SMARTS) is 1. The molecule has 11 nitrogen and oxygen atoms in total. The SMILES string of the molecule is C#CCCCCC(=O)N1CCC(COC(=O)CCC(=O)[O-])(COC(c2ccc(OC)cc2)(c2ccc(OC)cc2)c2ccc(OC)cc2)CC1.CC[NH+](CC)CC. The molecule has 0 unspecified atom stereocenters. The lowest BCUT2D eigenvalue weighted by Crippen LogP contribution is -3.11. The van der Waals surface area contributed by atoms with Gasteiger partial charge in [-0.25, -0.2) is 0 Å². The van der Waals surface area contributed by atoms with Gasteiger partial charge in [-0.3, -0.25) is 9.59 Å². The number of nitrogens with zero attached hydrogens (tertiary/aromatic N) is 1. The standard InChI is InChI=1S/C40H47NO9.C6H15N/c1-5-6-7-8-9-36(42)41-26-24-39(25-27-41,28-49-38(45)23-22-37(43)44)29-50-40(30-10-16-33(46-2)17-11-30,31-12-18-34(47-3)19-13-31)32-14-20-35(48-4)21-15-32;1-4-7(5-2)6-3/h1,10-21H,6-9,22-29H2,2-4H3,(H,43,44);4-6H2,1-3H3. The van der Waals surface area contributed by atoms with Crippen LogP contribution in [0.5, 0.6) is 17.2 Å². The Labute approximate surface area is 339 Å². The molecule has 1 heterocycles. The van der Waals surface area contributed by atoms with Gasteiger partial charge in [0.15, 0.2) is 0 Å². The molecule has 4 rings (SSSR count). The molecular weight excluding hydrogens is 725 g/mol. The van der Waals surface area contributed by atoms with Gasteiger partial charge in [0.2, 0.25) is 5.91 Å². The summed E-state index contributed by atoms with van der Waals surface area (Å²) in [6.45, 7) is 11.5. The topological polar surface area (TPSA) is 128 Å².